The van der Waals surface area contributed by atoms with Crippen molar-refractivity contribution >= 4 is 20.7 Å². The van der Waals surface area contributed by atoms with Crippen molar-refractivity contribution in [2.75, 3.05) is 12.9 Å². The molecular formula is C23H26N2O4S. The van der Waals surface area contributed by atoms with Crippen molar-refractivity contribution in [3.63, 3.8) is 0 Å². The van der Waals surface area contributed by atoms with Crippen LogP contribution in [0.4, 0.5) is 0 Å². The number of aromatic amines is 1. The molecule has 2 aliphatic rings. The van der Waals surface area contributed by atoms with Gasteiger partial charge in [-0.15, -0.1) is 0 Å². The zero-order chi connectivity index (χ0) is 21.0. The number of hydrogen-bond acceptors (Lipinski definition) is 4. The number of sulfone groups is 1. The smallest absolute Gasteiger partial charge is 0.274 e. The second-order valence-corrected chi connectivity index (χ2v) is 10.9. The van der Waals surface area contributed by atoms with E-state index in [0.29, 0.717) is 29.4 Å². The van der Waals surface area contributed by atoms with Crippen LogP contribution in [0.2, 0.25) is 0 Å². The van der Waals surface area contributed by atoms with Crippen LogP contribution < -0.4 is 10.3 Å². The SMILES string of the molecule is Cn1cc(-c2cc(S(C)(=O)=O)ccc2OCC2C[C@@H]3CCC2C3)c2cc[nH]c2c1=O. The van der Waals surface area contributed by atoms with E-state index in [2.05, 4.69) is 4.98 Å². The molecular weight excluding hydrogens is 400 g/mol. The predicted molar refractivity (Wildman–Crippen MR) is 117 cm³/mol. The van der Waals surface area contributed by atoms with Gasteiger partial charge >= 0.3 is 0 Å². The van der Waals surface area contributed by atoms with Crippen LogP contribution in [0.25, 0.3) is 22.0 Å². The summed E-state index contributed by atoms with van der Waals surface area (Å²) in [6.45, 7) is 0.647. The van der Waals surface area contributed by atoms with Crippen molar-refractivity contribution in [2.45, 2.75) is 30.6 Å². The van der Waals surface area contributed by atoms with Gasteiger partial charge < -0.3 is 14.3 Å². The molecule has 2 bridgehead atoms. The molecule has 30 heavy (non-hydrogen) atoms. The first-order valence-electron chi connectivity index (χ1n) is 10.5. The highest BCUT2D eigenvalue weighted by Crippen LogP contribution is 2.48. The Morgan fingerprint density at radius 2 is 2.00 bits per heavy atom. The third kappa shape index (κ3) is 3.25. The normalized spacial score (nSPS) is 23.3. The summed E-state index contributed by atoms with van der Waals surface area (Å²) in [6.07, 6.45) is 9.87. The van der Waals surface area contributed by atoms with Crippen LogP contribution in [0, 0.1) is 17.8 Å². The molecule has 0 amide bonds. The Balaban J connectivity index is 1.59. The number of benzene rings is 1. The molecule has 5 rings (SSSR count). The highest BCUT2D eigenvalue weighted by atomic mass is 32.2. The van der Waals surface area contributed by atoms with Crippen LogP contribution in [-0.2, 0) is 16.9 Å². The van der Waals surface area contributed by atoms with Crippen LogP contribution >= 0.6 is 0 Å². The second-order valence-electron chi connectivity index (χ2n) is 8.90. The van der Waals surface area contributed by atoms with E-state index >= 15 is 0 Å². The average molecular weight is 427 g/mol. The highest BCUT2D eigenvalue weighted by Gasteiger charge is 2.39. The summed E-state index contributed by atoms with van der Waals surface area (Å²) in [5.41, 5.74) is 1.85. The number of rotatable bonds is 5. The molecule has 3 atom stereocenters. The Kier molecular flexibility index (Phi) is 4.54. The largest absolute Gasteiger partial charge is 0.493 e. The van der Waals surface area contributed by atoms with Crippen LogP contribution in [0.5, 0.6) is 5.75 Å². The number of fused-ring (bicyclic) bond motifs is 3. The van der Waals surface area contributed by atoms with Gasteiger partial charge in [-0.25, -0.2) is 8.42 Å². The standard InChI is InChI=1S/C23H26N2O4S/c1-25-12-20(18-7-8-24-22(18)23(25)26)19-11-17(30(2,27)28)5-6-21(19)29-13-16-10-14-3-4-15(16)9-14/h5-8,11-12,14-16,24H,3-4,9-10,13H2,1-2H3/t14-,15?,16?/m1/s1. The van der Waals surface area contributed by atoms with E-state index in [1.807, 2.05) is 6.07 Å². The van der Waals surface area contributed by atoms with E-state index in [4.69, 9.17) is 4.74 Å². The summed E-state index contributed by atoms with van der Waals surface area (Å²) in [7, 11) is -1.68. The highest BCUT2D eigenvalue weighted by molar-refractivity contribution is 7.90. The Hall–Kier alpha value is -2.54. The Morgan fingerprint density at radius 3 is 2.70 bits per heavy atom. The van der Waals surface area contributed by atoms with Crippen molar-refractivity contribution < 1.29 is 13.2 Å². The van der Waals surface area contributed by atoms with Gasteiger partial charge in [0.1, 0.15) is 11.3 Å². The van der Waals surface area contributed by atoms with Crippen LogP contribution in [0.3, 0.4) is 0 Å². The van der Waals surface area contributed by atoms with Gasteiger partial charge in [0.2, 0.25) is 0 Å². The number of aromatic nitrogens is 2. The summed E-state index contributed by atoms with van der Waals surface area (Å²) in [4.78, 5) is 15.7. The maximum atomic E-state index is 12.5. The van der Waals surface area contributed by atoms with Crippen LogP contribution in [0.15, 0.2) is 46.3 Å². The lowest BCUT2D eigenvalue weighted by Crippen LogP contribution is -2.19. The van der Waals surface area contributed by atoms with Gasteiger partial charge in [-0.1, -0.05) is 6.42 Å². The quantitative estimate of drug-likeness (QED) is 0.674. The minimum atomic E-state index is -3.38. The molecule has 0 radical (unpaired) electrons. The minimum Gasteiger partial charge on any atom is -0.493 e. The number of nitrogens with zero attached hydrogens (tertiary/aromatic N) is 1. The lowest BCUT2D eigenvalue weighted by molar-refractivity contribution is 0.196. The predicted octanol–water partition coefficient (Wildman–Crippen LogP) is 3.75. The number of hydrogen-bond donors (Lipinski definition) is 1. The Bertz CT molecular complexity index is 1290. The van der Waals surface area contributed by atoms with Crippen molar-refractivity contribution in [2.24, 2.45) is 24.8 Å². The van der Waals surface area contributed by atoms with Crippen molar-refractivity contribution in [3.05, 3.63) is 47.0 Å². The number of H-pyrrole nitrogens is 1. The molecule has 2 fully saturated rings. The van der Waals surface area contributed by atoms with E-state index in [0.717, 1.165) is 22.8 Å². The molecule has 6 nitrogen and oxygen atoms in total. The molecule has 2 saturated carbocycles. The Labute approximate surface area is 175 Å². The zero-order valence-electron chi connectivity index (χ0n) is 17.2. The van der Waals surface area contributed by atoms with Gasteiger partial charge in [0.15, 0.2) is 9.84 Å². The van der Waals surface area contributed by atoms with E-state index in [1.54, 1.807) is 37.6 Å². The molecule has 1 aromatic carbocycles. The Morgan fingerprint density at radius 1 is 1.17 bits per heavy atom. The first kappa shape index (κ1) is 19.4. The maximum absolute atomic E-state index is 12.5. The molecule has 1 N–H and O–H groups in total. The zero-order valence-corrected chi connectivity index (χ0v) is 18.0. The number of nitrogens with one attached hydrogen (secondary N) is 1. The molecule has 0 saturated heterocycles. The first-order chi connectivity index (χ1) is 14.3. The second kappa shape index (κ2) is 7.01. The van der Waals surface area contributed by atoms with Crippen molar-refractivity contribution in [1.29, 1.82) is 0 Å². The number of pyridine rings is 1. The topological polar surface area (TPSA) is 81.2 Å². The molecule has 2 aromatic heterocycles. The summed E-state index contributed by atoms with van der Waals surface area (Å²) in [6, 6.07) is 6.87. The molecule has 158 valence electrons. The van der Waals surface area contributed by atoms with Gasteiger partial charge in [0.25, 0.3) is 5.56 Å². The first-order valence-corrected chi connectivity index (χ1v) is 12.3. The minimum absolute atomic E-state index is 0.123. The third-order valence-electron chi connectivity index (χ3n) is 6.90. The summed E-state index contributed by atoms with van der Waals surface area (Å²) < 4.78 is 32.2. The van der Waals surface area contributed by atoms with Gasteiger partial charge in [0, 0.05) is 42.2 Å². The fourth-order valence-corrected chi connectivity index (χ4v) is 5.98. The summed E-state index contributed by atoms with van der Waals surface area (Å²) >= 11 is 0. The molecule has 2 unspecified atom stereocenters. The molecule has 2 heterocycles. The fraction of sp³-hybridized carbons (Fsp3) is 0.435. The number of ether oxygens (including phenoxy) is 1. The van der Waals surface area contributed by atoms with Gasteiger partial charge in [-0.2, -0.15) is 0 Å². The van der Waals surface area contributed by atoms with E-state index in [1.165, 1.54) is 36.5 Å². The monoisotopic (exact) mass is 426 g/mol. The van der Waals surface area contributed by atoms with Gasteiger partial charge in [-0.3, -0.25) is 4.79 Å². The molecule has 7 heteroatoms. The van der Waals surface area contributed by atoms with Gasteiger partial charge in [0.05, 0.1) is 11.5 Å². The maximum Gasteiger partial charge on any atom is 0.274 e. The van der Waals surface area contributed by atoms with Crippen LogP contribution in [0.1, 0.15) is 25.7 Å². The van der Waals surface area contributed by atoms with E-state index < -0.39 is 9.84 Å². The molecule has 0 spiro atoms. The molecule has 2 aliphatic carbocycles. The molecule has 3 aromatic rings. The lowest BCUT2D eigenvalue weighted by Gasteiger charge is -2.23. The van der Waals surface area contributed by atoms with E-state index in [-0.39, 0.29) is 10.5 Å². The third-order valence-corrected chi connectivity index (χ3v) is 8.01. The molecule has 0 aliphatic heterocycles. The van der Waals surface area contributed by atoms with Crippen molar-refractivity contribution in [1.82, 2.24) is 9.55 Å². The summed E-state index contributed by atoms with van der Waals surface area (Å²) in [5.74, 6) is 2.83. The average Bonchev–Trinajstić information content (AvgIpc) is 3.45. The lowest BCUT2D eigenvalue weighted by atomic mass is 9.89. The fourth-order valence-electron chi connectivity index (χ4n) is 5.34. The number of aryl methyl sites for hydroxylation is 1. The van der Waals surface area contributed by atoms with Crippen LogP contribution in [-0.4, -0.2) is 30.8 Å². The van der Waals surface area contributed by atoms with Gasteiger partial charge in [-0.05, 0) is 61.3 Å². The summed E-state index contributed by atoms with van der Waals surface area (Å²) in [5, 5.41) is 0.758. The van der Waals surface area contributed by atoms with Crippen molar-refractivity contribution in [3.8, 4) is 16.9 Å². The van der Waals surface area contributed by atoms with E-state index in [9.17, 15) is 13.2 Å².